The zero-order valence-corrected chi connectivity index (χ0v) is 17.3. The van der Waals surface area contributed by atoms with Gasteiger partial charge in [-0.3, -0.25) is 9.52 Å². The molecule has 29 heavy (non-hydrogen) atoms. The van der Waals surface area contributed by atoms with Gasteiger partial charge in [0.1, 0.15) is 5.82 Å². The molecule has 0 fully saturated rings. The largest absolute Gasteiger partial charge is 0.333 e. The lowest BCUT2D eigenvalue weighted by Gasteiger charge is -2.29. The van der Waals surface area contributed by atoms with Gasteiger partial charge in [-0.15, -0.1) is 11.3 Å². The Kier molecular flexibility index (Phi) is 5.14. The number of benzene rings is 2. The fourth-order valence-corrected chi connectivity index (χ4v) is 5.17. The van der Waals surface area contributed by atoms with Gasteiger partial charge >= 0.3 is 0 Å². The van der Waals surface area contributed by atoms with Gasteiger partial charge in [-0.25, -0.2) is 12.8 Å². The van der Waals surface area contributed by atoms with Gasteiger partial charge in [0.2, 0.25) is 0 Å². The fraction of sp³-hybridized carbons (Fsp3) is 0.190. The molecule has 150 valence electrons. The number of halogens is 1. The average molecular weight is 431 g/mol. The summed E-state index contributed by atoms with van der Waals surface area (Å²) in [5.41, 5.74) is 2.69. The molecule has 1 aromatic heterocycles. The van der Waals surface area contributed by atoms with E-state index < -0.39 is 15.8 Å². The average Bonchev–Trinajstić information content (AvgIpc) is 3.23. The van der Waals surface area contributed by atoms with Crippen LogP contribution in [0.25, 0.3) is 0 Å². The second-order valence-corrected chi connectivity index (χ2v) is 9.58. The Labute approximate surface area is 172 Å². The van der Waals surface area contributed by atoms with E-state index in [1.165, 1.54) is 30.4 Å². The maximum atomic E-state index is 13.5. The van der Waals surface area contributed by atoms with Crippen LogP contribution in [0.5, 0.6) is 0 Å². The van der Waals surface area contributed by atoms with Crippen LogP contribution in [0.1, 0.15) is 26.4 Å². The number of fused-ring (bicyclic) bond motifs is 1. The summed E-state index contributed by atoms with van der Waals surface area (Å²) in [7, 11) is -3.84. The minimum atomic E-state index is -3.84. The lowest BCUT2D eigenvalue weighted by molar-refractivity contribution is 0.0739. The minimum absolute atomic E-state index is 0.00335. The third kappa shape index (κ3) is 4.04. The van der Waals surface area contributed by atoms with Gasteiger partial charge in [-0.05, 0) is 71.8 Å². The lowest BCUT2D eigenvalue weighted by Crippen LogP contribution is -2.35. The summed E-state index contributed by atoms with van der Waals surface area (Å²) in [6.45, 7) is 2.58. The summed E-state index contributed by atoms with van der Waals surface area (Å²) in [6, 6.07) is 12.7. The highest BCUT2D eigenvalue weighted by atomic mass is 32.2. The van der Waals surface area contributed by atoms with Crippen molar-refractivity contribution in [1.29, 1.82) is 0 Å². The highest BCUT2D eigenvalue weighted by Gasteiger charge is 2.23. The number of thiophene rings is 1. The Hall–Kier alpha value is -2.71. The zero-order valence-electron chi connectivity index (χ0n) is 15.7. The number of rotatable bonds is 4. The number of nitrogens with zero attached hydrogens (tertiary/aromatic N) is 1. The predicted octanol–water partition coefficient (Wildman–Crippen LogP) is 4.19. The van der Waals surface area contributed by atoms with E-state index >= 15 is 0 Å². The molecule has 0 saturated heterocycles. The van der Waals surface area contributed by atoms with Crippen LogP contribution in [-0.2, 0) is 23.0 Å². The molecule has 0 radical (unpaired) electrons. The summed E-state index contributed by atoms with van der Waals surface area (Å²) in [5.74, 6) is -0.466. The van der Waals surface area contributed by atoms with Crippen molar-refractivity contribution in [2.75, 3.05) is 11.3 Å². The number of sulfonamides is 1. The molecule has 0 spiro atoms. The molecule has 3 aromatic rings. The molecule has 2 aromatic carbocycles. The van der Waals surface area contributed by atoms with Gasteiger partial charge in [0.15, 0.2) is 0 Å². The highest BCUT2D eigenvalue weighted by molar-refractivity contribution is 7.92. The summed E-state index contributed by atoms with van der Waals surface area (Å²) in [4.78, 5) is 15.1. The smallest absolute Gasteiger partial charge is 0.264 e. The Morgan fingerprint density at radius 1 is 1.14 bits per heavy atom. The molecule has 0 saturated carbocycles. The van der Waals surface area contributed by atoms with Gasteiger partial charge in [0.25, 0.3) is 15.9 Å². The summed E-state index contributed by atoms with van der Waals surface area (Å²) < 4.78 is 41.3. The number of hydrogen-bond donors (Lipinski definition) is 1. The number of carbonyl (C=O) groups is 1. The monoisotopic (exact) mass is 430 g/mol. The molecule has 0 bridgehead atoms. The standard InChI is InChI=1S/C21H19FN2O3S2/c1-14-11-18(6-7-19(14)22)29(26,27)23-17-5-4-15-8-9-24(13-16(15)12-17)21(25)20-3-2-10-28-20/h2-7,10-12,23H,8-9,13H2,1H3. The van der Waals surface area contributed by atoms with Crippen molar-refractivity contribution in [1.82, 2.24) is 4.90 Å². The fourth-order valence-electron chi connectivity index (χ4n) is 3.35. The van der Waals surface area contributed by atoms with E-state index in [0.29, 0.717) is 23.7 Å². The third-order valence-corrected chi connectivity index (χ3v) is 7.17. The first-order chi connectivity index (χ1) is 13.8. The maximum absolute atomic E-state index is 13.5. The van der Waals surface area contributed by atoms with E-state index in [2.05, 4.69) is 4.72 Å². The molecular formula is C21H19FN2O3S2. The quantitative estimate of drug-likeness (QED) is 0.675. The molecular weight excluding hydrogens is 411 g/mol. The van der Waals surface area contributed by atoms with Gasteiger partial charge in [-0.2, -0.15) is 0 Å². The van der Waals surface area contributed by atoms with Crippen LogP contribution in [-0.4, -0.2) is 25.8 Å². The van der Waals surface area contributed by atoms with E-state index in [1.54, 1.807) is 23.1 Å². The second kappa shape index (κ2) is 7.61. The van der Waals surface area contributed by atoms with Gasteiger partial charge < -0.3 is 4.90 Å². The second-order valence-electron chi connectivity index (χ2n) is 6.95. The topological polar surface area (TPSA) is 66.5 Å². The molecule has 0 unspecified atom stereocenters. The molecule has 2 heterocycles. The van der Waals surface area contributed by atoms with E-state index in [4.69, 9.17) is 0 Å². The van der Waals surface area contributed by atoms with Crippen LogP contribution >= 0.6 is 11.3 Å². The van der Waals surface area contributed by atoms with Crippen LogP contribution in [0, 0.1) is 12.7 Å². The van der Waals surface area contributed by atoms with Crippen molar-refractivity contribution in [3.63, 3.8) is 0 Å². The molecule has 4 rings (SSSR count). The Balaban J connectivity index is 1.56. The van der Waals surface area contributed by atoms with Gasteiger partial charge in [-0.1, -0.05) is 12.1 Å². The predicted molar refractivity (Wildman–Crippen MR) is 111 cm³/mol. The van der Waals surface area contributed by atoms with Crippen LogP contribution < -0.4 is 4.72 Å². The van der Waals surface area contributed by atoms with Crippen molar-refractivity contribution in [3.8, 4) is 0 Å². The normalized spacial score (nSPS) is 13.8. The minimum Gasteiger partial charge on any atom is -0.333 e. The summed E-state index contributed by atoms with van der Waals surface area (Å²) >= 11 is 1.41. The Morgan fingerprint density at radius 3 is 2.69 bits per heavy atom. The molecule has 5 nitrogen and oxygen atoms in total. The van der Waals surface area contributed by atoms with Crippen molar-refractivity contribution in [3.05, 3.63) is 81.3 Å². The zero-order chi connectivity index (χ0) is 20.6. The maximum Gasteiger partial charge on any atom is 0.264 e. The Morgan fingerprint density at radius 2 is 1.97 bits per heavy atom. The first-order valence-electron chi connectivity index (χ1n) is 9.07. The number of anilines is 1. The third-order valence-electron chi connectivity index (χ3n) is 4.93. The SMILES string of the molecule is Cc1cc(S(=O)(=O)Nc2ccc3c(c2)CN(C(=O)c2cccs2)CC3)ccc1F. The van der Waals surface area contributed by atoms with Crippen molar-refractivity contribution >= 4 is 33.0 Å². The number of amides is 1. The highest BCUT2D eigenvalue weighted by Crippen LogP contribution is 2.26. The van der Waals surface area contributed by atoms with Crippen LogP contribution in [0.4, 0.5) is 10.1 Å². The van der Waals surface area contributed by atoms with Gasteiger partial charge in [0, 0.05) is 18.8 Å². The first kappa shape index (κ1) is 19.6. The Bertz CT molecular complexity index is 1170. The number of nitrogens with one attached hydrogen (secondary N) is 1. The van der Waals surface area contributed by atoms with Crippen molar-refractivity contribution < 1.29 is 17.6 Å². The van der Waals surface area contributed by atoms with E-state index in [9.17, 15) is 17.6 Å². The molecule has 0 atom stereocenters. The van der Waals surface area contributed by atoms with Crippen LogP contribution in [0.15, 0.2) is 58.8 Å². The number of hydrogen-bond acceptors (Lipinski definition) is 4. The van der Waals surface area contributed by atoms with E-state index in [0.717, 1.165) is 23.6 Å². The summed E-state index contributed by atoms with van der Waals surface area (Å²) in [6.07, 6.45) is 0.719. The molecule has 1 amide bonds. The molecule has 1 aliphatic heterocycles. The summed E-state index contributed by atoms with van der Waals surface area (Å²) in [5, 5.41) is 1.87. The first-order valence-corrected chi connectivity index (χ1v) is 11.4. The van der Waals surface area contributed by atoms with Crippen LogP contribution in [0.3, 0.4) is 0 Å². The molecule has 8 heteroatoms. The van der Waals surface area contributed by atoms with E-state index in [-0.39, 0.29) is 16.4 Å². The molecule has 0 aliphatic carbocycles. The molecule has 1 N–H and O–H groups in total. The molecule has 1 aliphatic rings. The lowest BCUT2D eigenvalue weighted by atomic mass is 9.99. The van der Waals surface area contributed by atoms with Gasteiger partial charge in [0.05, 0.1) is 9.77 Å². The van der Waals surface area contributed by atoms with Crippen LogP contribution in [0.2, 0.25) is 0 Å². The van der Waals surface area contributed by atoms with Crippen molar-refractivity contribution in [2.24, 2.45) is 0 Å². The van der Waals surface area contributed by atoms with Crippen molar-refractivity contribution in [2.45, 2.75) is 24.8 Å². The number of aryl methyl sites for hydroxylation is 1. The number of carbonyl (C=O) groups excluding carboxylic acids is 1. The van der Waals surface area contributed by atoms with E-state index in [1.807, 2.05) is 17.5 Å².